The second kappa shape index (κ2) is 8.15. The summed E-state index contributed by atoms with van der Waals surface area (Å²) >= 11 is 0. The fourth-order valence-corrected chi connectivity index (χ4v) is 2.38. The van der Waals surface area contributed by atoms with Crippen molar-refractivity contribution in [3.05, 3.63) is 71.2 Å². The Morgan fingerprint density at radius 3 is 2.73 bits per heavy atom. The van der Waals surface area contributed by atoms with Crippen LogP contribution in [0.2, 0.25) is 0 Å². The third-order valence-corrected chi connectivity index (χ3v) is 3.76. The van der Waals surface area contributed by atoms with Gasteiger partial charge in [0, 0.05) is 6.07 Å². The molecule has 0 aliphatic carbocycles. The van der Waals surface area contributed by atoms with Gasteiger partial charge in [-0.05, 0) is 37.3 Å². The zero-order valence-electron chi connectivity index (χ0n) is 14.3. The Labute approximate surface area is 150 Å². The molecule has 0 radical (unpaired) electrons. The van der Waals surface area contributed by atoms with Crippen LogP contribution < -0.4 is 15.6 Å². The molecule has 0 aliphatic rings. The molecular formula is C19H19N3O4. The molecule has 3 aromatic rings. The number of benzene rings is 1. The maximum absolute atomic E-state index is 12.3. The van der Waals surface area contributed by atoms with E-state index in [0.717, 1.165) is 10.4 Å². The van der Waals surface area contributed by atoms with Gasteiger partial charge in [0.05, 0.1) is 12.8 Å². The summed E-state index contributed by atoms with van der Waals surface area (Å²) in [5.41, 5.74) is 0.130. The van der Waals surface area contributed by atoms with E-state index in [1.165, 1.54) is 12.3 Å². The van der Waals surface area contributed by atoms with Crippen molar-refractivity contribution in [1.29, 1.82) is 0 Å². The van der Waals surface area contributed by atoms with Crippen molar-refractivity contribution < 1.29 is 13.9 Å². The topological polar surface area (TPSA) is 86.4 Å². The number of carbonyl (C=O) groups excluding carboxylic acids is 1. The second-order valence-corrected chi connectivity index (χ2v) is 5.61. The molecule has 0 bridgehead atoms. The van der Waals surface area contributed by atoms with Crippen LogP contribution in [0.4, 0.5) is 0 Å². The van der Waals surface area contributed by atoms with Crippen LogP contribution in [0.5, 0.6) is 5.75 Å². The summed E-state index contributed by atoms with van der Waals surface area (Å²) in [4.78, 5) is 24.4. The van der Waals surface area contributed by atoms with E-state index in [2.05, 4.69) is 10.4 Å². The van der Waals surface area contributed by atoms with Crippen molar-refractivity contribution in [2.45, 2.75) is 13.0 Å². The van der Waals surface area contributed by atoms with Gasteiger partial charge in [-0.15, -0.1) is 0 Å². The van der Waals surface area contributed by atoms with E-state index in [4.69, 9.17) is 9.15 Å². The Morgan fingerprint density at radius 1 is 1.19 bits per heavy atom. The zero-order chi connectivity index (χ0) is 18.4. The average Bonchev–Trinajstić information content (AvgIpc) is 3.20. The van der Waals surface area contributed by atoms with Crippen LogP contribution in [-0.4, -0.2) is 28.8 Å². The number of furan rings is 1. The van der Waals surface area contributed by atoms with E-state index in [0.29, 0.717) is 24.6 Å². The van der Waals surface area contributed by atoms with Gasteiger partial charge < -0.3 is 14.5 Å². The number of para-hydroxylation sites is 1. The number of nitrogens with zero attached hydrogens (tertiary/aromatic N) is 2. The van der Waals surface area contributed by atoms with Crippen molar-refractivity contribution >= 4 is 5.91 Å². The quantitative estimate of drug-likeness (QED) is 0.659. The van der Waals surface area contributed by atoms with Gasteiger partial charge in [-0.2, -0.15) is 5.10 Å². The maximum Gasteiger partial charge on any atom is 0.267 e. The SMILES string of the molecule is CC(C(=O)NCCOc1ccccc1)n1nc(-c2ccco2)ccc1=O. The highest BCUT2D eigenvalue weighted by Crippen LogP contribution is 2.16. The first-order valence-corrected chi connectivity index (χ1v) is 8.24. The standard InChI is InChI=1S/C19H19N3O4/c1-14(19(24)20-11-13-25-15-6-3-2-4-7-15)22-18(23)10-9-16(21-22)17-8-5-12-26-17/h2-10,12,14H,11,13H2,1H3,(H,20,24). The monoisotopic (exact) mass is 353 g/mol. The lowest BCUT2D eigenvalue weighted by molar-refractivity contribution is -0.124. The molecule has 1 N–H and O–H groups in total. The van der Waals surface area contributed by atoms with E-state index in [1.54, 1.807) is 25.1 Å². The molecule has 0 saturated heterocycles. The lowest BCUT2D eigenvalue weighted by Gasteiger charge is -2.14. The Balaban J connectivity index is 1.59. The van der Waals surface area contributed by atoms with Crippen LogP contribution in [0.3, 0.4) is 0 Å². The van der Waals surface area contributed by atoms with Gasteiger partial charge in [-0.3, -0.25) is 9.59 Å². The number of hydrogen-bond acceptors (Lipinski definition) is 5. The number of hydrogen-bond donors (Lipinski definition) is 1. The van der Waals surface area contributed by atoms with E-state index in [-0.39, 0.29) is 11.5 Å². The normalized spacial score (nSPS) is 11.7. The van der Waals surface area contributed by atoms with Crippen LogP contribution >= 0.6 is 0 Å². The van der Waals surface area contributed by atoms with E-state index < -0.39 is 6.04 Å². The number of ether oxygens (including phenoxy) is 1. The van der Waals surface area contributed by atoms with Crippen molar-refractivity contribution in [1.82, 2.24) is 15.1 Å². The predicted octanol–water partition coefficient (Wildman–Crippen LogP) is 2.26. The van der Waals surface area contributed by atoms with Crippen LogP contribution in [0.1, 0.15) is 13.0 Å². The molecule has 3 rings (SSSR count). The highest BCUT2D eigenvalue weighted by molar-refractivity contribution is 5.79. The van der Waals surface area contributed by atoms with E-state index >= 15 is 0 Å². The first kappa shape index (κ1) is 17.5. The minimum atomic E-state index is -0.755. The van der Waals surface area contributed by atoms with Gasteiger partial charge in [0.2, 0.25) is 5.91 Å². The molecule has 0 aliphatic heterocycles. The molecule has 7 nitrogen and oxygen atoms in total. The summed E-state index contributed by atoms with van der Waals surface area (Å²) in [5, 5.41) is 6.98. The summed E-state index contributed by atoms with van der Waals surface area (Å²) in [6.45, 7) is 2.27. The Bertz CT molecular complexity index is 904. The molecule has 1 aromatic carbocycles. The lowest BCUT2D eigenvalue weighted by Crippen LogP contribution is -2.38. The van der Waals surface area contributed by atoms with Crippen LogP contribution in [-0.2, 0) is 4.79 Å². The molecule has 2 heterocycles. The van der Waals surface area contributed by atoms with E-state index in [9.17, 15) is 9.59 Å². The van der Waals surface area contributed by atoms with Crippen molar-refractivity contribution in [2.75, 3.05) is 13.2 Å². The second-order valence-electron chi connectivity index (χ2n) is 5.61. The highest BCUT2D eigenvalue weighted by atomic mass is 16.5. The van der Waals surface area contributed by atoms with Crippen LogP contribution in [0.15, 0.2) is 70.1 Å². The molecule has 134 valence electrons. The molecule has 26 heavy (non-hydrogen) atoms. The van der Waals surface area contributed by atoms with Gasteiger partial charge in [0.25, 0.3) is 5.56 Å². The fraction of sp³-hybridized carbons (Fsp3) is 0.211. The number of aromatic nitrogens is 2. The highest BCUT2D eigenvalue weighted by Gasteiger charge is 2.18. The van der Waals surface area contributed by atoms with Crippen LogP contribution in [0.25, 0.3) is 11.5 Å². The minimum absolute atomic E-state index is 0.312. The molecule has 0 fully saturated rings. The summed E-state index contributed by atoms with van der Waals surface area (Å²) in [5.74, 6) is 0.953. The molecular weight excluding hydrogens is 334 g/mol. The molecule has 1 unspecified atom stereocenters. The Hall–Kier alpha value is -3.35. The van der Waals surface area contributed by atoms with Crippen molar-refractivity contribution in [3.63, 3.8) is 0 Å². The maximum atomic E-state index is 12.3. The third kappa shape index (κ3) is 4.18. The molecule has 0 spiro atoms. The molecule has 0 saturated carbocycles. The van der Waals surface area contributed by atoms with Gasteiger partial charge in [-0.1, -0.05) is 18.2 Å². The first-order valence-electron chi connectivity index (χ1n) is 8.24. The number of carbonyl (C=O) groups is 1. The molecule has 1 amide bonds. The Morgan fingerprint density at radius 2 is 2.00 bits per heavy atom. The Kier molecular flexibility index (Phi) is 5.48. The van der Waals surface area contributed by atoms with Crippen molar-refractivity contribution in [2.24, 2.45) is 0 Å². The first-order chi connectivity index (χ1) is 12.6. The summed E-state index contributed by atoms with van der Waals surface area (Å²) in [6, 6.07) is 15.0. The smallest absolute Gasteiger partial charge is 0.267 e. The number of amides is 1. The van der Waals surface area contributed by atoms with Gasteiger partial charge in [-0.25, -0.2) is 4.68 Å². The molecule has 2 aromatic heterocycles. The third-order valence-electron chi connectivity index (χ3n) is 3.76. The van der Waals surface area contributed by atoms with Gasteiger partial charge in [0.15, 0.2) is 5.76 Å². The zero-order valence-corrected chi connectivity index (χ0v) is 14.3. The fourth-order valence-electron chi connectivity index (χ4n) is 2.38. The van der Waals surface area contributed by atoms with Gasteiger partial charge in [0.1, 0.15) is 24.1 Å². The molecule has 7 heteroatoms. The van der Waals surface area contributed by atoms with Gasteiger partial charge >= 0.3 is 0 Å². The minimum Gasteiger partial charge on any atom is -0.492 e. The molecule has 1 atom stereocenters. The summed E-state index contributed by atoms with van der Waals surface area (Å²) in [7, 11) is 0. The van der Waals surface area contributed by atoms with E-state index in [1.807, 2.05) is 30.3 Å². The average molecular weight is 353 g/mol. The predicted molar refractivity (Wildman–Crippen MR) is 95.9 cm³/mol. The largest absolute Gasteiger partial charge is 0.492 e. The summed E-state index contributed by atoms with van der Waals surface area (Å²) in [6.07, 6.45) is 1.52. The van der Waals surface area contributed by atoms with Crippen LogP contribution in [0, 0.1) is 0 Å². The lowest BCUT2D eigenvalue weighted by atomic mass is 10.3. The number of nitrogens with one attached hydrogen (secondary N) is 1. The van der Waals surface area contributed by atoms with Crippen molar-refractivity contribution in [3.8, 4) is 17.2 Å². The number of rotatable bonds is 7. The summed E-state index contributed by atoms with van der Waals surface area (Å²) < 4.78 is 11.9.